The van der Waals surface area contributed by atoms with Crippen LogP contribution in [0, 0.1) is 5.82 Å². The van der Waals surface area contributed by atoms with Gasteiger partial charge in [-0.2, -0.15) is 18.2 Å². The first kappa shape index (κ1) is 15.0. The molecule has 2 amide bonds. The Labute approximate surface area is 117 Å². The first-order valence-corrected chi connectivity index (χ1v) is 5.88. The lowest BCUT2D eigenvalue weighted by Crippen LogP contribution is -2.33. The number of carbonyl (C=O) groups excluding carboxylic acids is 1. The van der Waals surface area contributed by atoms with E-state index in [0.29, 0.717) is 12.1 Å². The van der Waals surface area contributed by atoms with Gasteiger partial charge in [0.25, 0.3) is 0 Å². The van der Waals surface area contributed by atoms with Crippen molar-refractivity contribution in [3.63, 3.8) is 0 Å². The Kier molecular flexibility index (Phi) is 3.71. The molecule has 1 aromatic rings. The van der Waals surface area contributed by atoms with E-state index < -0.39 is 29.6 Å². The van der Waals surface area contributed by atoms with Gasteiger partial charge in [0.2, 0.25) is 0 Å². The molecule has 21 heavy (non-hydrogen) atoms. The van der Waals surface area contributed by atoms with Gasteiger partial charge in [-0.15, -0.1) is 6.58 Å². The Morgan fingerprint density at radius 2 is 2.10 bits per heavy atom. The number of alkyl halides is 3. The first-order chi connectivity index (χ1) is 9.75. The van der Waals surface area contributed by atoms with Crippen LogP contribution >= 0.6 is 0 Å². The number of rotatable bonds is 3. The van der Waals surface area contributed by atoms with E-state index >= 15 is 0 Å². The van der Waals surface area contributed by atoms with Gasteiger partial charge in [-0.05, 0) is 17.7 Å². The van der Waals surface area contributed by atoms with Crippen LogP contribution in [0.3, 0.4) is 0 Å². The van der Waals surface area contributed by atoms with Crippen molar-refractivity contribution in [2.45, 2.75) is 12.2 Å². The summed E-state index contributed by atoms with van der Waals surface area (Å²) in [6.45, 7) is 3.52. The first-order valence-electron chi connectivity index (χ1n) is 5.88. The number of carbonyl (C=O) groups is 1. The predicted octanol–water partition coefficient (Wildman–Crippen LogP) is 2.86. The molecule has 0 fully saturated rings. The van der Waals surface area contributed by atoms with Gasteiger partial charge < -0.3 is 10.6 Å². The Hall–Kier alpha value is -2.38. The summed E-state index contributed by atoms with van der Waals surface area (Å²) in [5, 5.41) is 0. The summed E-state index contributed by atoms with van der Waals surface area (Å²) < 4.78 is 51.5. The quantitative estimate of drug-likeness (QED) is 0.689. The lowest BCUT2D eigenvalue weighted by Gasteiger charge is -2.24. The van der Waals surface area contributed by atoms with Crippen molar-refractivity contribution in [1.29, 1.82) is 0 Å². The van der Waals surface area contributed by atoms with Gasteiger partial charge in [0.15, 0.2) is 0 Å². The number of urea groups is 1. The molecule has 1 heterocycles. The van der Waals surface area contributed by atoms with E-state index in [9.17, 15) is 22.4 Å². The molecule has 1 aromatic carbocycles. The second-order valence-corrected chi connectivity index (χ2v) is 4.40. The highest BCUT2D eigenvalue weighted by molar-refractivity contribution is 6.03. The number of halogens is 4. The lowest BCUT2D eigenvalue weighted by atomic mass is 10.0. The molecule has 4 nitrogen and oxygen atoms in total. The van der Waals surface area contributed by atoms with Crippen LogP contribution in [0.1, 0.15) is 17.2 Å². The summed E-state index contributed by atoms with van der Waals surface area (Å²) in [5.74, 6) is -1.53. The highest BCUT2D eigenvalue weighted by Crippen LogP contribution is 2.35. The minimum absolute atomic E-state index is 0.0395. The van der Waals surface area contributed by atoms with E-state index in [2.05, 4.69) is 11.6 Å². The number of hydrogen-bond donors (Lipinski definition) is 1. The van der Waals surface area contributed by atoms with Gasteiger partial charge in [-0.25, -0.2) is 9.18 Å². The van der Waals surface area contributed by atoms with Gasteiger partial charge in [0, 0.05) is 6.54 Å². The highest BCUT2D eigenvalue weighted by Gasteiger charge is 2.38. The van der Waals surface area contributed by atoms with Gasteiger partial charge in [-0.1, -0.05) is 12.1 Å². The maximum atomic E-state index is 13.3. The monoisotopic (exact) mass is 301 g/mol. The predicted molar refractivity (Wildman–Crippen MR) is 68.1 cm³/mol. The maximum Gasteiger partial charge on any atom is 0.419 e. The smallest absolute Gasteiger partial charge is 0.385 e. The number of aliphatic imine (C=N–C) groups is 1. The van der Waals surface area contributed by atoms with Crippen LogP contribution < -0.4 is 5.73 Å². The van der Waals surface area contributed by atoms with Crippen molar-refractivity contribution in [3.8, 4) is 0 Å². The molecule has 0 saturated carbocycles. The summed E-state index contributed by atoms with van der Waals surface area (Å²) in [7, 11) is 0. The Morgan fingerprint density at radius 3 is 2.67 bits per heavy atom. The number of nitrogens with zero attached hydrogens (tertiary/aromatic N) is 2. The normalized spacial score (nSPS) is 18.9. The van der Waals surface area contributed by atoms with Crippen LogP contribution in [-0.4, -0.2) is 23.3 Å². The van der Waals surface area contributed by atoms with Crippen molar-refractivity contribution in [2.75, 3.05) is 6.54 Å². The van der Waals surface area contributed by atoms with Crippen LogP contribution in [0.5, 0.6) is 0 Å². The van der Waals surface area contributed by atoms with Crippen LogP contribution in [0.25, 0.3) is 0 Å². The van der Waals surface area contributed by atoms with E-state index in [1.165, 1.54) is 6.08 Å². The topological polar surface area (TPSA) is 58.7 Å². The summed E-state index contributed by atoms with van der Waals surface area (Å²) in [6, 6.07) is 0.844. The third-order valence-corrected chi connectivity index (χ3v) is 3.00. The molecule has 0 radical (unpaired) electrons. The molecule has 0 spiro atoms. The molecule has 8 heteroatoms. The average Bonchev–Trinajstić information content (AvgIpc) is 2.64. The Morgan fingerprint density at radius 1 is 1.43 bits per heavy atom. The van der Waals surface area contributed by atoms with E-state index in [4.69, 9.17) is 5.73 Å². The molecule has 1 aliphatic rings. The molecule has 1 atom stereocenters. The molecule has 0 saturated heterocycles. The second kappa shape index (κ2) is 5.19. The van der Waals surface area contributed by atoms with E-state index in [1.54, 1.807) is 0 Å². The van der Waals surface area contributed by atoms with Gasteiger partial charge in [0.05, 0.1) is 5.56 Å². The van der Waals surface area contributed by atoms with Gasteiger partial charge in [-0.3, -0.25) is 0 Å². The van der Waals surface area contributed by atoms with Gasteiger partial charge in [0.1, 0.15) is 17.7 Å². The van der Waals surface area contributed by atoms with E-state index in [1.807, 2.05) is 0 Å². The summed E-state index contributed by atoms with van der Waals surface area (Å²) in [5.41, 5.74) is 4.23. The van der Waals surface area contributed by atoms with Crippen LogP contribution in [0.15, 0.2) is 35.8 Å². The maximum absolute atomic E-state index is 13.3. The molecule has 0 bridgehead atoms. The highest BCUT2D eigenvalue weighted by atomic mass is 19.4. The summed E-state index contributed by atoms with van der Waals surface area (Å²) in [6.07, 6.45) is -3.44. The number of amidine groups is 1. The van der Waals surface area contributed by atoms with E-state index in [-0.39, 0.29) is 17.9 Å². The number of benzene rings is 1. The molecular formula is C13H11F4N3O. The molecule has 0 aromatic heterocycles. The third-order valence-electron chi connectivity index (χ3n) is 3.00. The van der Waals surface area contributed by atoms with Crippen molar-refractivity contribution in [2.24, 2.45) is 10.7 Å². The third kappa shape index (κ3) is 2.74. The fourth-order valence-electron chi connectivity index (χ4n) is 2.11. The second-order valence-electron chi connectivity index (χ2n) is 4.40. The minimum Gasteiger partial charge on any atom is -0.385 e. The SMILES string of the molecule is C=CCN1C(=O)N=C(N)C1c1ccc(F)c(C(F)(F)F)c1. The molecule has 2 rings (SSSR count). The molecule has 2 N–H and O–H groups in total. The van der Waals surface area contributed by atoms with E-state index in [0.717, 1.165) is 11.0 Å². The molecule has 1 aliphatic heterocycles. The lowest BCUT2D eigenvalue weighted by molar-refractivity contribution is -0.140. The molecule has 1 unspecified atom stereocenters. The van der Waals surface area contributed by atoms with Crippen molar-refractivity contribution in [1.82, 2.24) is 4.90 Å². The Bertz CT molecular complexity index is 624. The largest absolute Gasteiger partial charge is 0.419 e. The molecule has 112 valence electrons. The Balaban J connectivity index is 2.48. The molecular weight excluding hydrogens is 290 g/mol. The van der Waals surface area contributed by atoms with Crippen molar-refractivity contribution >= 4 is 11.9 Å². The number of hydrogen-bond acceptors (Lipinski definition) is 2. The van der Waals surface area contributed by atoms with Crippen molar-refractivity contribution < 1.29 is 22.4 Å². The van der Waals surface area contributed by atoms with Crippen LogP contribution in [0.2, 0.25) is 0 Å². The van der Waals surface area contributed by atoms with Crippen molar-refractivity contribution in [3.05, 3.63) is 47.8 Å². The van der Waals surface area contributed by atoms with Gasteiger partial charge >= 0.3 is 12.2 Å². The zero-order chi connectivity index (χ0) is 15.8. The summed E-state index contributed by atoms with van der Waals surface area (Å²) in [4.78, 5) is 16.3. The molecule has 0 aliphatic carbocycles. The van der Waals surface area contributed by atoms with Crippen LogP contribution in [-0.2, 0) is 6.18 Å². The number of nitrogens with two attached hydrogens (primary N) is 1. The summed E-state index contributed by atoms with van der Waals surface area (Å²) >= 11 is 0. The fraction of sp³-hybridized carbons (Fsp3) is 0.231. The number of amides is 2. The minimum atomic E-state index is -4.84. The zero-order valence-electron chi connectivity index (χ0n) is 10.7. The average molecular weight is 301 g/mol. The van der Waals surface area contributed by atoms with Crippen LogP contribution in [0.4, 0.5) is 22.4 Å². The fourth-order valence-corrected chi connectivity index (χ4v) is 2.11. The zero-order valence-corrected chi connectivity index (χ0v) is 10.7. The standard InChI is InChI=1S/C13H11F4N3O/c1-2-5-20-10(11(18)19-12(20)21)7-3-4-9(14)8(6-7)13(15,16)17/h2-4,6,10H,1,5H2,(H2,18,19,21).